The second kappa shape index (κ2) is 20.4. The first-order valence-electron chi connectivity index (χ1n) is 16.7. The number of epoxide rings is 1. The van der Waals surface area contributed by atoms with Crippen LogP contribution in [0.3, 0.4) is 0 Å². The van der Waals surface area contributed by atoms with Gasteiger partial charge in [-0.25, -0.2) is 0 Å². The molecule has 0 saturated carbocycles. The van der Waals surface area contributed by atoms with Crippen LogP contribution in [0.4, 0.5) is 17.6 Å². The van der Waals surface area contributed by atoms with Crippen LogP contribution in [0.2, 0.25) is 0 Å². The Labute approximate surface area is 293 Å². The minimum Gasteiger partial charge on any atom is -0.379 e. The Morgan fingerprint density at radius 2 is 1.31 bits per heavy atom. The highest BCUT2D eigenvalue weighted by Gasteiger charge is 2.50. The summed E-state index contributed by atoms with van der Waals surface area (Å²) in [6, 6.07) is 2.90. The molecule has 14 nitrogen and oxygen atoms in total. The molecule has 1 aromatic rings. The first-order valence-corrected chi connectivity index (χ1v) is 16.7. The molecule has 2 fully saturated rings. The van der Waals surface area contributed by atoms with E-state index < -0.39 is 85.6 Å². The number of Topliss-reactive ketones (excluding diaryl/α,β-unsaturated/α-hetero) is 1. The zero-order chi connectivity index (χ0) is 37.6. The average molecular weight is 734 g/mol. The second-order valence-corrected chi connectivity index (χ2v) is 12.9. The number of carbonyl (C=O) groups excluding carboxylic acids is 5. The van der Waals surface area contributed by atoms with Crippen molar-refractivity contribution < 1.29 is 60.5 Å². The van der Waals surface area contributed by atoms with Gasteiger partial charge in [0.25, 0.3) is 0 Å². The predicted octanol–water partition coefficient (Wildman–Crippen LogP) is 0.773. The van der Waals surface area contributed by atoms with E-state index in [1.54, 1.807) is 44.2 Å². The maximum atomic E-state index is 13.6. The number of nitrogens with one attached hydrogen (secondary N) is 4. The molecule has 0 aromatic heterocycles. The van der Waals surface area contributed by atoms with Crippen LogP contribution < -0.4 is 21.3 Å². The number of carbonyl (C=O) groups is 5. The second-order valence-electron chi connectivity index (χ2n) is 12.9. The van der Waals surface area contributed by atoms with Gasteiger partial charge in [-0.1, -0.05) is 44.2 Å². The Balaban J connectivity index is 1.78. The molecule has 0 aliphatic carbocycles. The van der Waals surface area contributed by atoms with Gasteiger partial charge in [0, 0.05) is 13.1 Å². The van der Waals surface area contributed by atoms with Crippen molar-refractivity contribution in [3.63, 3.8) is 0 Å². The van der Waals surface area contributed by atoms with E-state index in [0.717, 1.165) is 5.56 Å². The van der Waals surface area contributed by atoms with Crippen molar-refractivity contribution >= 4 is 29.4 Å². The van der Waals surface area contributed by atoms with Crippen LogP contribution in [0, 0.1) is 5.92 Å². The van der Waals surface area contributed by atoms with Crippen LogP contribution in [-0.2, 0) is 49.3 Å². The molecule has 2 heterocycles. The molecule has 1 unspecified atom stereocenters. The van der Waals surface area contributed by atoms with Gasteiger partial charge < -0.3 is 40.2 Å². The third-order valence-corrected chi connectivity index (χ3v) is 8.17. The Morgan fingerprint density at radius 1 is 0.804 bits per heavy atom. The predicted molar refractivity (Wildman–Crippen MR) is 172 cm³/mol. The van der Waals surface area contributed by atoms with Crippen molar-refractivity contribution in [1.29, 1.82) is 0 Å². The van der Waals surface area contributed by atoms with Crippen molar-refractivity contribution in [1.82, 2.24) is 26.2 Å². The lowest BCUT2D eigenvalue weighted by molar-refractivity contribution is -0.154. The molecule has 286 valence electrons. The summed E-state index contributed by atoms with van der Waals surface area (Å²) in [6.07, 6.45) is 0.521. The van der Waals surface area contributed by atoms with E-state index in [9.17, 15) is 41.5 Å². The lowest BCUT2D eigenvalue weighted by atomic mass is 9.93. The Morgan fingerprint density at radius 3 is 1.80 bits per heavy atom. The van der Waals surface area contributed by atoms with E-state index in [1.807, 2.05) is 4.90 Å². The fraction of sp³-hybridized carbons (Fsp3) is 0.667. The third-order valence-electron chi connectivity index (χ3n) is 8.17. The topological polar surface area (TPSA) is 177 Å². The summed E-state index contributed by atoms with van der Waals surface area (Å²) < 4.78 is 71.5. The molecule has 2 aliphatic heterocycles. The quantitative estimate of drug-likeness (QED) is 0.0984. The number of hydrogen-bond donors (Lipinski definition) is 4. The van der Waals surface area contributed by atoms with Gasteiger partial charge in [-0.05, 0) is 37.7 Å². The molecule has 2 aliphatic rings. The van der Waals surface area contributed by atoms with Crippen LogP contribution in [0.5, 0.6) is 0 Å². The van der Waals surface area contributed by atoms with E-state index in [-0.39, 0.29) is 31.9 Å². The van der Waals surface area contributed by atoms with Gasteiger partial charge in [-0.15, -0.1) is 0 Å². The van der Waals surface area contributed by atoms with Crippen molar-refractivity contribution in [2.45, 2.75) is 83.0 Å². The minimum atomic E-state index is -3.37. The van der Waals surface area contributed by atoms with E-state index in [0.29, 0.717) is 32.7 Å². The van der Waals surface area contributed by atoms with Gasteiger partial charge in [0.2, 0.25) is 23.6 Å². The molecule has 0 bridgehead atoms. The van der Waals surface area contributed by atoms with Crippen molar-refractivity contribution in [2.24, 2.45) is 5.92 Å². The van der Waals surface area contributed by atoms with E-state index in [1.165, 1.54) is 6.92 Å². The maximum Gasteiger partial charge on any atom is 0.345 e. The van der Waals surface area contributed by atoms with Gasteiger partial charge in [0.05, 0.1) is 45.6 Å². The largest absolute Gasteiger partial charge is 0.379 e. The number of rotatable bonds is 22. The van der Waals surface area contributed by atoms with Crippen molar-refractivity contribution in [2.75, 3.05) is 52.7 Å². The van der Waals surface area contributed by atoms with Crippen molar-refractivity contribution in [3.8, 4) is 0 Å². The molecule has 51 heavy (non-hydrogen) atoms. The number of hydrogen-bond acceptors (Lipinski definition) is 10. The molecular weight excluding hydrogens is 686 g/mol. The highest BCUT2D eigenvalue weighted by atomic mass is 19.3. The summed E-state index contributed by atoms with van der Waals surface area (Å²) in [5.41, 5.74) is -0.306. The monoisotopic (exact) mass is 733 g/mol. The molecule has 4 amide bonds. The fourth-order valence-electron chi connectivity index (χ4n) is 5.27. The normalized spacial score (nSPS) is 20.0. The average Bonchev–Trinajstić information content (AvgIpc) is 3.84. The van der Waals surface area contributed by atoms with E-state index >= 15 is 0 Å². The zero-order valence-corrected chi connectivity index (χ0v) is 28.8. The van der Waals surface area contributed by atoms with E-state index in [4.69, 9.17) is 9.47 Å². The Bertz CT molecular complexity index is 1300. The smallest absolute Gasteiger partial charge is 0.345 e. The molecule has 18 heteroatoms. The van der Waals surface area contributed by atoms with Gasteiger partial charge in [-0.3, -0.25) is 28.9 Å². The van der Waals surface area contributed by atoms with E-state index in [2.05, 4.69) is 30.7 Å². The molecule has 0 radical (unpaired) electrons. The van der Waals surface area contributed by atoms with Gasteiger partial charge in [0.15, 0.2) is 5.78 Å². The zero-order valence-electron chi connectivity index (χ0n) is 28.8. The number of halogens is 4. The van der Waals surface area contributed by atoms with Crippen LogP contribution in [0.15, 0.2) is 30.3 Å². The third kappa shape index (κ3) is 14.8. The summed E-state index contributed by atoms with van der Waals surface area (Å²) in [4.78, 5) is 68.1. The number of amides is 4. The summed E-state index contributed by atoms with van der Waals surface area (Å²) >= 11 is 0. The first-order chi connectivity index (χ1) is 24.2. The molecular formula is C33H47F4N5O9. The Kier molecular flexibility index (Phi) is 16.7. The van der Waals surface area contributed by atoms with Crippen LogP contribution >= 0.6 is 0 Å². The highest BCUT2D eigenvalue weighted by molar-refractivity contribution is 5.98. The minimum absolute atomic E-state index is 0.0515. The molecule has 1 aromatic carbocycles. The number of benzene rings is 1. The number of ketones is 1. The summed E-state index contributed by atoms with van der Waals surface area (Å²) in [5, 5.41) is 9.53. The lowest BCUT2D eigenvalue weighted by Crippen LogP contribution is -2.60. The summed E-state index contributed by atoms with van der Waals surface area (Å²) in [5.74, 6) is -4.33. The molecule has 5 atom stereocenters. The number of nitrogens with zero attached hydrogens (tertiary/aromatic N) is 1. The molecule has 4 N–H and O–H groups in total. The molecule has 3 rings (SSSR count). The van der Waals surface area contributed by atoms with Crippen LogP contribution in [0.25, 0.3) is 0 Å². The van der Waals surface area contributed by atoms with Gasteiger partial charge in [0.1, 0.15) is 23.7 Å². The number of aryl methyl sites for hydroxylation is 1. The first kappa shape index (κ1) is 41.7. The maximum absolute atomic E-state index is 13.6. The Hall–Kier alpha value is -3.71. The molecule has 0 spiro atoms. The lowest BCUT2D eigenvalue weighted by Gasteiger charge is -2.28. The van der Waals surface area contributed by atoms with Crippen LogP contribution in [0.1, 0.15) is 39.2 Å². The number of ether oxygens (including phenoxy) is 4. The van der Waals surface area contributed by atoms with Gasteiger partial charge in [-0.2, -0.15) is 17.6 Å². The standard InChI is InChI=1S/C33H47F4N5O9/c1-20(2)15-23(27(44)33(3)19-51-33)39-29(46)24(17-49-31(34)35)41-30(47)25(18-50-32(36)37)40-28(45)22(10-9-21-7-5-4-6-8-21)38-26(43)16-42-11-13-48-14-12-42/h4-8,20,22-25,31-32H,9-19H2,1-3H3,(H,38,43)(H,39,46)(H,40,45)(H,41,47)/t22?,23-,24-,25-,33+/m0/s1. The van der Waals surface area contributed by atoms with Crippen molar-refractivity contribution in [3.05, 3.63) is 35.9 Å². The number of morpholine rings is 1. The number of alkyl halides is 4. The molecule has 2 saturated heterocycles. The summed E-state index contributed by atoms with van der Waals surface area (Å²) in [6.45, 7) is -1.87. The SMILES string of the molecule is CC(C)C[C@H](NC(=O)[C@H](COC(F)F)NC(=O)[C@H](COC(F)F)NC(=O)C(CCc1ccccc1)NC(=O)CN1CCOCC1)C(=O)[C@@]1(C)CO1. The summed E-state index contributed by atoms with van der Waals surface area (Å²) in [7, 11) is 0. The fourth-order valence-corrected chi connectivity index (χ4v) is 5.27. The van der Waals surface area contributed by atoms with Crippen LogP contribution in [-0.4, -0.2) is 130 Å². The highest BCUT2D eigenvalue weighted by Crippen LogP contribution is 2.29. The van der Waals surface area contributed by atoms with Gasteiger partial charge >= 0.3 is 13.2 Å².